The van der Waals surface area contributed by atoms with Gasteiger partial charge in [0, 0.05) is 0 Å². The average Bonchev–Trinajstić information content (AvgIpc) is 2.95. The third-order valence-electron chi connectivity index (χ3n) is 0. The van der Waals surface area contributed by atoms with Gasteiger partial charge in [-0.25, -0.2) is 0 Å². The van der Waals surface area contributed by atoms with Gasteiger partial charge in [-0.05, 0) is 0 Å². The van der Waals surface area contributed by atoms with Crippen molar-refractivity contribution in [2.24, 2.45) is 0 Å². The van der Waals surface area contributed by atoms with Crippen LogP contribution in [0.25, 0.3) is 0 Å². The molecule has 136 valence electrons. The number of rotatable bonds is 0. The average molecular weight is 1610 g/mol. The molecular formula is Cl3O14Zr14+25. The quantitative estimate of drug-likeness (QED) is 0.219. The second-order valence-electron chi connectivity index (χ2n) is 0. The predicted octanol–water partition coefficient (Wildman–Crippen LogP) is -10.7. The van der Waals surface area contributed by atoms with Crippen LogP contribution < -0.4 is 37.2 Å². The Hall–Kier alpha value is 10.4. The van der Waals surface area contributed by atoms with Crippen LogP contribution in [0.1, 0.15) is 0 Å². The number of halogens is 3. The molecule has 0 saturated heterocycles. The van der Waals surface area contributed by atoms with Crippen LogP contribution in [0.3, 0.4) is 0 Å². The van der Waals surface area contributed by atoms with Crippen molar-refractivity contribution in [2.45, 2.75) is 0 Å². The van der Waals surface area contributed by atoms with Crippen LogP contribution in [-0.4, -0.2) is 0 Å². The van der Waals surface area contributed by atoms with Gasteiger partial charge in [0.25, 0.3) is 0 Å². The van der Waals surface area contributed by atoms with Gasteiger partial charge in [-0.2, -0.15) is 0 Å². The van der Waals surface area contributed by atoms with E-state index in [2.05, 4.69) is 0 Å². The van der Waals surface area contributed by atoms with Crippen LogP contribution in [0.2, 0.25) is 0 Å². The molecule has 0 heterocycles. The van der Waals surface area contributed by atoms with Crippen molar-refractivity contribution in [3.05, 3.63) is 0 Å². The van der Waals surface area contributed by atoms with E-state index in [9.17, 15) is 0 Å². The summed E-state index contributed by atoms with van der Waals surface area (Å²) in [5.74, 6) is 0. The third kappa shape index (κ3) is 549. The van der Waals surface area contributed by atoms with E-state index in [1.807, 2.05) is 0 Å². The van der Waals surface area contributed by atoms with Crippen molar-refractivity contribution in [1.82, 2.24) is 0 Å². The first-order valence-corrected chi connectivity index (χ1v) is 16.9. The van der Waals surface area contributed by atoms with Crippen molar-refractivity contribution in [3.63, 3.8) is 0 Å². The normalized spacial score (nSPS) is 2.71. The maximum absolute atomic E-state index is 8.34. The van der Waals surface area contributed by atoms with Crippen LogP contribution in [0.15, 0.2) is 0 Å². The Kier molecular flexibility index (Phi) is 2110. The Morgan fingerprint density at radius 2 is 0.129 bits per heavy atom. The molecule has 0 atom stereocenters. The van der Waals surface area contributed by atoms with Crippen molar-refractivity contribution >= 4 is 0 Å². The van der Waals surface area contributed by atoms with Gasteiger partial charge >= 0.3 is 386 Å². The summed E-state index contributed by atoms with van der Waals surface area (Å²) in [6, 6.07) is 0. The molecule has 0 aliphatic carbocycles. The van der Waals surface area contributed by atoms with Gasteiger partial charge in [-0.15, -0.1) is 0 Å². The van der Waals surface area contributed by atoms with Crippen molar-refractivity contribution in [3.8, 4) is 0 Å². The SMILES string of the molecule is [Cl-].[Cl-].[Cl-].[O]=[Zr+2].[O]=[Zr+2].[O]=[Zr+2].[O]=[Zr+2].[O]=[Zr+2].[O]=[Zr+2].[O]=[Zr+2].[O]=[Zr+2].[O]=[Zr+2].[O]=[Zr+2].[O]=[Zr+2].[O]=[Zr+2].[O]=[Zr+2].[O]=[Zr+2]. The molecule has 0 aromatic carbocycles. The Morgan fingerprint density at radius 1 is 0.129 bits per heavy atom. The Bertz CT molecular complexity index is 95.5. The van der Waals surface area contributed by atoms with Gasteiger partial charge in [-0.1, -0.05) is 0 Å². The molecule has 0 aromatic heterocycles. The fourth-order valence-corrected chi connectivity index (χ4v) is 0. The minimum absolute atomic E-state index is 0. The molecular weight excluding hydrogens is 1610 g/mol. The zero-order chi connectivity index (χ0) is 28.0. The van der Waals surface area contributed by atoms with Crippen LogP contribution in [-0.2, 0) is 386 Å². The monoisotopic (exact) mass is 1590 g/mol. The summed E-state index contributed by atoms with van der Waals surface area (Å²) in [5, 5.41) is 0. The van der Waals surface area contributed by atoms with E-state index < -0.39 is 0 Å². The molecule has 0 unspecified atom stereocenters. The van der Waals surface area contributed by atoms with Gasteiger partial charge in [-0.3, -0.25) is 0 Å². The molecule has 0 spiro atoms. The Labute approximate surface area is 410 Å². The molecule has 0 aromatic rings. The minimum atomic E-state index is 0. The molecule has 0 radical (unpaired) electrons. The topological polar surface area (TPSA) is 239 Å². The van der Waals surface area contributed by atoms with Gasteiger partial charge in [0.2, 0.25) is 0 Å². The molecule has 0 amide bonds. The van der Waals surface area contributed by atoms with Gasteiger partial charge in [0.1, 0.15) is 0 Å². The summed E-state index contributed by atoms with van der Waals surface area (Å²) in [6.45, 7) is 0. The molecule has 0 bridgehead atoms. The third-order valence-corrected chi connectivity index (χ3v) is 0. The summed E-state index contributed by atoms with van der Waals surface area (Å²) in [6.07, 6.45) is 0. The first-order chi connectivity index (χ1) is 14.0. The fraction of sp³-hybridized carbons (Fsp3) is 0. The second kappa shape index (κ2) is 578. The maximum atomic E-state index is 8.34. The van der Waals surface area contributed by atoms with E-state index in [0.717, 1.165) is 0 Å². The molecule has 0 aliphatic heterocycles. The fourth-order valence-electron chi connectivity index (χ4n) is 0. The Morgan fingerprint density at radius 3 is 0.129 bits per heavy atom. The van der Waals surface area contributed by atoms with Crippen LogP contribution in [0, 0.1) is 0 Å². The Balaban J connectivity index is -0.00000000451. The van der Waals surface area contributed by atoms with Crippen LogP contribution in [0.4, 0.5) is 0 Å². The van der Waals surface area contributed by atoms with Crippen molar-refractivity contribution in [1.29, 1.82) is 0 Å². The number of hydrogen-bond donors (Lipinski definition) is 0. The molecule has 0 rings (SSSR count). The standard InChI is InChI=1S/3ClH.14O.14Zr/h3*1H;;;;;;;;;;;;;;;;;;;;;;;;;;;;/q;;;;;;;;;;;;;;;;;14*+2/p-3. The summed E-state index contributed by atoms with van der Waals surface area (Å²) in [7, 11) is 0. The van der Waals surface area contributed by atoms with E-state index in [4.69, 9.17) is 39.4 Å². The zero-order valence-corrected chi connectivity index (χ0v) is 50.5. The van der Waals surface area contributed by atoms with Crippen molar-refractivity contribution in [2.75, 3.05) is 0 Å². The van der Waals surface area contributed by atoms with Crippen molar-refractivity contribution < 1.29 is 423 Å². The first-order valence-electron chi connectivity index (χ1n) is 2.86. The molecule has 0 saturated carbocycles. The summed E-state index contributed by atoms with van der Waals surface area (Å²) in [4.78, 5) is 0. The first kappa shape index (κ1) is 113. The predicted molar refractivity (Wildman–Crippen MR) is 9.61 cm³/mol. The van der Waals surface area contributed by atoms with E-state index in [0.29, 0.717) is 346 Å². The summed E-state index contributed by atoms with van der Waals surface area (Å²) < 4.78 is 117. The van der Waals surface area contributed by atoms with E-state index >= 15 is 0 Å². The van der Waals surface area contributed by atoms with Crippen LogP contribution >= 0.6 is 0 Å². The van der Waals surface area contributed by atoms with Crippen LogP contribution in [0.5, 0.6) is 0 Å². The van der Waals surface area contributed by atoms with E-state index in [-0.39, 0.29) is 37.2 Å². The van der Waals surface area contributed by atoms with Gasteiger partial charge in [0.05, 0.1) is 0 Å². The summed E-state index contributed by atoms with van der Waals surface area (Å²) >= 11 is 4.20. The molecule has 14 nitrogen and oxygen atoms in total. The second-order valence-corrected chi connectivity index (χ2v) is 0. The zero-order valence-electron chi connectivity index (χ0n) is 13.8. The molecule has 0 N–H and O–H groups in total. The molecule has 31 heteroatoms. The molecule has 0 fully saturated rings. The molecule has 0 aliphatic rings. The van der Waals surface area contributed by atoms with Gasteiger partial charge < -0.3 is 37.2 Å². The van der Waals surface area contributed by atoms with E-state index in [1.54, 1.807) is 0 Å². The number of hydrogen-bond acceptors (Lipinski definition) is 14. The molecule has 31 heavy (non-hydrogen) atoms. The summed E-state index contributed by atoms with van der Waals surface area (Å²) in [5.41, 5.74) is 0. The van der Waals surface area contributed by atoms with Gasteiger partial charge in [0.15, 0.2) is 0 Å². The van der Waals surface area contributed by atoms with E-state index in [1.165, 1.54) is 0 Å².